The number of amides is 1. The molecular formula is C14H12Br2N2O. The minimum atomic E-state index is -0.199. The van der Waals surface area contributed by atoms with Crippen LogP contribution in [0, 0.1) is 6.92 Å². The summed E-state index contributed by atoms with van der Waals surface area (Å²) in [4.78, 5) is 12.2. The monoisotopic (exact) mass is 382 g/mol. The standard InChI is InChI=1S/C14H12Br2N2O/c1-8-2-5-13(12(17)6-8)18-14(19)10-4-3-9(15)7-11(10)16/h2-7H,17H2,1H3,(H,18,19). The number of hydrogen-bond donors (Lipinski definition) is 2. The van der Waals surface area contributed by atoms with Crippen molar-refractivity contribution >= 4 is 49.1 Å². The molecule has 2 aromatic rings. The Labute approximate surface area is 128 Å². The van der Waals surface area contributed by atoms with Gasteiger partial charge in [0.1, 0.15) is 0 Å². The van der Waals surface area contributed by atoms with E-state index in [9.17, 15) is 4.79 Å². The third-order valence-corrected chi connectivity index (χ3v) is 3.78. The van der Waals surface area contributed by atoms with Crippen LogP contribution in [0.2, 0.25) is 0 Å². The zero-order valence-electron chi connectivity index (χ0n) is 10.2. The summed E-state index contributed by atoms with van der Waals surface area (Å²) >= 11 is 6.72. The highest BCUT2D eigenvalue weighted by Crippen LogP contribution is 2.25. The molecule has 0 aromatic heterocycles. The van der Waals surface area contributed by atoms with Crippen molar-refractivity contribution in [3.63, 3.8) is 0 Å². The van der Waals surface area contributed by atoms with Crippen molar-refractivity contribution < 1.29 is 4.79 Å². The Morgan fingerprint density at radius 3 is 2.53 bits per heavy atom. The number of carbonyl (C=O) groups is 1. The van der Waals surface area contributed by atoms with Crippen LogP contribution >= 0.6 is 31.9 Å². The third-order valence-electron chi connectivity index (χ3n) is 2.63. The SMILES string of the molecule is Cc1ccc(NC(=O)c2ccc(Br)cc2Br)c(N)c1. The van der Waals surface area contributed by atoms with E-state index in [1.54, 1.807) is 12.1 Å². The second-order valence-corrected chi connectivity index (χ2v) is 5.94. The Hall–Kier alpha value is -1.33. The molecule has 5 heteroatoms. The van der Waals surface area contributed by atoms with E-state index in [1.807, 2.05) is 31.2 Å². The van der Waals surface area contributed by atoms with Gasteiger partial charge >= 0.3 is 0 Å². The molecule has 2 aromatic carbocycles. The predicted molar refractivity (Wildman–Crippen MR) is 85.4 cm³/mol. The van der Waals surface area contributed by atoms with Crippen molar-refractivity contribution in [2.45, 2.75) is 6.92 Å². The average Bonchev–Trinajstić information content (AvgIpc) is 2.32. The average molecular weight is 384 g/mol. The molecule has 0 fully saturated rings. The Kier molecular flexibility index (Phi) is 4.27. The first-order chi connectivity index (χ1) is 8.97. The van der Waals surface area contributed by atoms with Crippen molar-refractivity contribution in [2.24, 2.45) is 0 Å². The Morgan fingerprint density at radius 2 is 1.89 bits per heavy atom. The van der Waals surface area contributed by atoms with Crippen LogP contribution in [0.3, 0.4) is 0 Å². The maximum atomic E-state index is 12.2. The number of nitrogens with two attached hydrogens (primary N) is 1. The lowest BCUT2D eigenvalue weighted by Crippen LogP contribution is -2.13. The van der Waals surface area contributed by atoms with E-state index in [1.165, 1.54) is 0 Å². The molecule has 2 rings (SSSR count). The van der Waals surface area contributed by atoms with Crippen LogP contribution in [0.4, 0.5) is 11.4 Å². The molecule has 1 amide bonds. The molecule has 0 unspecified atom stereocenters. The number of aryl methyl sites for hydroxylation is 1. The molecule has 19 heavy (non-hydrogen) atoms. The number of nitrogens with one attached hydrogen (secondary N) is 1. The van der Waals surface area contributed by atoms with Crippen LogP contribution in [0.15, 0.2) is 45.3 Å². The van der Waals surface area contributed by atoms with Crippen molar-refractivity contribution in [1.82, 2.24) is 0 Å². The van der Waals surface area contributed by atoms with Gasteiger partial charge in [0.2, 0.25) is 0 Å². The van der Waals surface area contributed by atoms with Crippen LogP contribution < -0.4 is 11.1 Å². The minimum Gasteiger partial charge on any atom is -0.397 e. The summed E-state index contributed by atoms with van der Waals surface area (Å²) in [6, 6.07) is 10.9. The first-order valence-electron chi connectivity index (χ1n) is 5.60. The van der Waals surface area contributed by atoms with Crippen LogP contribution in [-0.2, 0) is 0 Å². The maximum absolute atomic E-state index is 12.2. The molecule has 3 N–H and O–H groups in total. The summed E-state index contributed by atoms with van der Waals surface area (Å²) in [7, 11) is 0. The second-order valence-electron chi connectivity index (χ2n) is 4.17. The maximum Gasteiger partial charge on any atom is 0.256 e. The zero-order valence-corrected chi connectivity index (χ0v) is 13.4. The van der Waals surface area contributed by atoms with Gasteiger partial charge in [0.15, 0.2) is 0 Å². The Balaban J connectivity index is 2.25. The molecule has 0 aliphatic rings. The molecule has 0 atom stereocenters. The molecule has 0 radical (unpaired) electrons. The number of nitrogen functional groups attached to an aromatic ring is 1. The lowest BCUT2D eigenvalue weighted by Gasteiger charge is -2.10. The van der Waals surface area contributed by atoms with Gasteiger partial charge in [-0.15, -0.1) is 0 Å². The van der Waals surface area contributed by atoms with Crippen LogP contribution in [0.1, 0.15) is 15.9 Å². The largest absolute Gasteiger partial charge is 0.397 e. The molecular weight excluding hydrogens is 372 g/mol. The van der Waals surface area contributed by atoms with Crippen LogP contribution in [0.5, 0.6) is 0 Å². The fraction of sp³-hybridized carbons (Fsp3) is 0.0714. The predicted octanol–water partition coefficient (Wildman–Crippen LogP) is 4.35. The number of carbonyl (C=O) groups excluding carboxylic acids is 1. The molecule has 0 spiro atoms. The number of benzene rings is 2. The Bertz CT molecular complexity index is 641. The molecule has 98 valence electrons. The van der Waals surface area contributed by atoms with Crippen molar-refractivity contribution in [3.05, 3.63) is 56.5 Å². The number of hydrogen-bond acceptors (Lipinski definition) is 2. The van der Waals surface area contributed by atoms with Gasteiger partial charge in [-0.1, -0.05) is 22.0 Å². The highest BCUT2D eigenvalue weighted by Gasteiger charge is 2.11. The summed E-state index contributed by atoms with van der Waals surface area (Å²) in [5.74, 6) is -0.199. The normalized spacial score (nSPS) is 10.3. The van der Waals surface area contributed by atoms with E-state index >= 15 is 0 Å². The molecule has 0 saturated carbocycles. The van der Waals surface area contributed by atoms with Gasteiger partial charge < -0.3 is 11.1 Å². The van der Waals surface area contributed by atoms with Gasteiger partial charge in [0.25, 0.3) is 5.91 Å². The van der Waals surface area contributed by atoms with Gasteiger partial charge in [-0.25, -0.2) is 0 Å². The first-order valence-corrected chi connectivity index (χ1v) is 7.18. The molecule has 0 aliphatic carbocycles. The quantitative estimate of drug-likeness (QED) is 0.757. The third kappa shape index (κ3) is 3.36. The second kappa shape index (κ2) is 5.75. The van der Waals surface area contributed by atoms with Gasteiger partial charge in [-0.2, -0.15) is 0 Å². The number of halogens is 2. The summed E-state index contributed by atoms with van der Waals surface area (Å²) in [6.07, 6.45) is 0. The minimum absolute atomic E-state index is 0.199. The summed E-state index contributed by atoms with van der Waals surface area (Å²) < 4.78 is 1.64. The molecule has 0 saturated heterocycles. The molecule has 0 bridgehead atoms. The van der Waals surface area contributed by atoms with E-state index < -0.39 is 0 Å². The molecule has 0 aliphatic heterocycles. The molecule has 3 nitrogen and oxygen atoms in total. The highest BCUT2D eigenvalue weighted by atomic mass is 79.9. The van der Waals surface area contributed by atoms with E-state index in [2.05, 4.69) is 37.2 Å². The highest BCUT2D eigenvalue weighted by molar-refractivity contribution is 9.11. The van der Waals surface area contributed by atoms with Gasteiger partial charge in [-0.05, 0) is 58.7 Å². The number of anilines is 2. The first kappa shape index (κ1) is 14.1. The molecule has 0 heterocycles. The summed E-state index contributed by atoms with van der Waals surface area (Å²) in [5, 5.41) is 2.80. The summed E-state index contributed by atoms with van der Waals surface area (Å²) in [5.41, 5.74) is 8.66. The fourth-order valence-corrected chi connectivity index (χ4v) is 2.89. The van der Waals surface area contributed by atoms with Crippen molar-refractivity contribution in [1.29, 1.82) is 0 Å². The lowest BCUT2D eigenvalue weighted by atomic mass is 10.1. The van der Waals surface area contributed by atoms with Gasteiger partial charge in [0.05, 0.1) is 16.9 Å². The Morgan fingerprint density at radius 1 is 1.16 bits per heavy atom. The van der Waals surface area contributed by atoms with Crippen LogP contribution in [0.25, 0.3) is 0 Å². The van der Waals surface area contributed by atoms with Gasteiger partial charge in [-0.3, -0.25) is 4.79 Å². The van der Waals surface area contributed by atoms with Crippen LogP contribution in [-0.4, -0.2) is 5.91 Å². The van der Waals surface area contributed by atoms with Gasteiger partial charge in [0, 0.05) is 8.95 Å². The number of rotatable bonds is 2. The van der Waals surface area contributed by atoms with E-state index in [0.717, 1.165) is 14.5 Å². The lowest BCUT2D eigenvalue weighted by molar-refractivity contribution is 0.102. The van der Waals surface area contributed by atoms with E-state index in [-0.39, 0.29) is 5.91 Å². The van der Waals surface area contributed by atoms with Crippen molar-refractivity contribution in [2.75, 3.05) is 11.1 Å². The fourth-order valence-electron chi connectivity index (χ4n) is 1.66. The van der Waals surface area contributed by atoms with E-state index in [4.69, 9.17) is 5.73 Å². The summed E-state index contributed by atoms with van der Waals surface area (Å²) in [6.45, 7) is 1.95. The van der Waals surface area contributed by atoms with Crippen molar-refractivity contribution in [3.8, 4) is 0 Å². The zero-order chi connectivity index (χ0) is 14.0. The van der Waals surface area contributed by atoms with E-state index in [0.29, 0.717) is 16.9 Å². The topological polar surface area (TPSA) is 55.1 Å². The smallest absolute Gasteiger partial charge is 0.256 e.